The van der Waals surface area contributed by atoms with Gasteiger partial charge in [0.25, 0.3) is 5.91 Å². The van der Waals surface area contributed by atoms with E-state index in [0.29, 0.717) is 17.3 Å². The number of pyridine rings is 1. The van der Waals surface area contributed by atoms with E-state index in [0.717, 1.165) is 27.0 Å². The number of aryl methyl sites for hydroxylation is 2. The second-order valence-corrected chi connectivity index (χ2v) is 7.57. The Bertz CT molecular complexity index is 1210. The van der Waals surface area contributed by atoms with Crippen molar-refractivity contribution in [1.82, 2.24) is 10.3 Å². The molecule has 6 heteroatoms. The predicted octanol–water partition coefficient (Wildman–Crippen LogP) is 4.64. The number of hydrogen-bond acceptors (Lipinski definition) is 4. The molecule has 0 aliphatic rings. The molecule has 4 aromatic rings. The molecule has 0 saturated heterocycles. The number of benzene rings is 2. The lowest BCUT2D eigenvalue weighted by Crippen LogP contribution is -2.35. The molecule has 31 heavy (non-hydrogen) atoms. The normalized spacial score (nSPS) is 11.8. The monoisotopic (exact) mass is 414 g/mol. The van der Waals surface area contributed by atoms with Crippen molar-refractivity contribution >= 4 is 5.91 Å². The van der Waals surface area contributed by atoms with E-state index >= 15 is 0 Å². The number of nitrogens with zero attached hydrogens (tertiary/aromatic N) is 2. The molecule has 2 heterocycles. The van der Waals surface area contributed by atoms with Crippen LogP contribution in [0, 0.1) is 13.8 Å². The molecular weight excluding hydrogens is 390 g/mol. The van der Waals surface area contributed by atoms with E-state index in [9.17, 15) is 10.0 Å². The Morgan fingerprint density at radius 2 is 1.71 bits per heavy atom. The first-order chi connectivity index (χ1) is 14.9. The number of carbonyl (C=O) groups excluding carboxylic acids is 1. The molecule has 0 spiro atoms. The van der Waals surface area contributed by atoms with Crippen LogP contribution < -0.4 is 10.0 Å². The summed E-state index contributed by atoms with van der Waals surface area (Å²) in [7, 11) is 0. The van der Waals surface area contributed by atoms with E-state index in [1.807, 2.05) is 74.5 Å². The zero-order chi connectivity index (χ0) is 22.0. The molecule has 2 N–H and O–H groups in total. The average molecular weight is 414 g/mol. The number of rotatable bonds is 5. The van der Waals surface area contributed by atoms with Crippen molar-refractivity contribution in [2.75, 3.05) is 0 Å². The average Bonchev–Trinajstić information content (AvgIpc) is 3.22. The lowest BCUT2D eigenvalue weighted by Gasteiger charge is -2.12. The minimum Gasteiger partial charge on any atom is -0.430 e. The molecular formula is C25H24N3O3+. The van der Waals surface area contributed by atoms with Crippen LogP contribution in [0.15, 0.2) is 77.3 Å². The van der Waals surface area contributed by atoms with E-state index in [4.69, 9.17) is 4.42 Å². The van der Waals surface area contributed by atoms with Crippen molar-refractivity contribution in [3.63, 3.8) is 0 Å². The van der Waals surface area contributed by atoms with Crippen LogP contribution in [0.25, 0.3) is 22.7 Å². The minimum absolute atomic E-state index is 0.151. The quantitative estimate of drug-likeness (QED) is 0.368. The lowest BCUT2D eigenvalue weighted by atomic mass is 10.1. The fourth-order valence-corrected chi connectivity index (χ4v) is 3.27. The fourth-order valence-electron chi connectivity index (χ4n) is 3.27. The van der Waals surface area contributed by atoms with Crippen molar-refractivity contribution in [2.24, 2.45) is 0 Å². The highest BCUT2D eigenvalue weighted by Gasteiger charge is 2.24. The van der Waals surface area contributed by atoms with Crippen LogP contribution >= 0.6 is 0 Å². The van der Waals surface area contributed by atoms with Crippen molar-refractivity contribution < 1.29 is 19.1 Å². The Morgan fingerprint density at radius 3 is 2.39 bits per heavy atom. The maximum Gasteiger partial charge on any atom is 0.289 e. The van der Waals surface area contributed by atoms with Crippen LogP contribution in [-0.4, -0.2) is 16.1 Å². The van der Waals surface area contributed by atoms with E-state index < -0.39 is 0 Å². The molecule has 0 aliphatic heterocycles. The highest BCUT2D eigenvalue weighted by atomic mass is 16.5. The molecule has 1 amide bonds. The number of nitrogens with one attached hydrogen (secondary N) is 1. The number of amides is 1. The van der Waals surface area contributed by atoms with Gasteiger partial charge < -0.3 is 9.73 Å². The highest BCUT2D eigenvalue weighted by molar-refractivity contribution is 5.98. The third-order valence-corrected chi connectivity index (χ3v) is 5.18. The Balaban J connectivity index is 1.69. The van der Waals surface area contributed by atoms with Crippen LogP contribution in [0.5, 0.6) is 0 Å². The van der Waals surface area contributed by atoms with Gasteiger partial charge in [0.15, 0.2) is 0 Å². The zero-order valence-electron chi connectivity index (χ0n) is 17.7. The van der Waals surface area contributed by atoms with Crippen LogP contribution in [0.1, 0.15) is 40.3 Å². The van der Waals surface area contributed by atoms with Gasteiger partial charge in [0.05, 0.1) is 6.04 Å². The smallest absolute Gasteiger partial charge is 0.289 e. The van der Waals surface area contributed by atoms with Gasteiger partial charge in [-0.3, -0.25) is 10.0 Å². The van der Waals surface area contributed by atoms with Crippen LogP contribution in [0.3, 0.4) is 0 Å². The van der Waals surface area contributed by atoms with Gasteiger partial charge in [0.2, 0.25) is 23.5 Å². The van der Waals surface area contributed by atoms with Crippen molar-refractivity contribution in [3.8, 4) is 22.7 Å². The van der Waals surface area contributed by atoms with Gasteiger partial charge in [-0.2, -0.15) is 0 Å². The second-order valence-electron chi connectivity index (χ2n) is 7.57. The molecule has 0 bridgehead atoms. The summed E-state index contributed by atoms with van der Waals surface area (Å²) < 4.78 is 7.00. The molecule has 2 aromatic heterocycles. The molecule has 0 fully saturated rings. The van der Waals surface area contributed by atoms with E-state index in [-0.39, 0.29) is 17.7 Å². The van der Waals surface area contributed by atoms with Gasteiger partial charge in [-0.1, -0.05) is 48.0 Å². The molecule has 6 nitrogen and oxygen atoms in total. The number of carbonyl (C=O) groups is 1. The highest BCUT2D eigenvalue weighted by Crippen LogP contribution is 2.29. The maximum absolute atomic E-state index is 13.2. The van der Waals surface area contributed by atoms with Crippen LogP contribution in [0.2, 0.25) is 0 Å². The summed E-state index contributed by atoms with van der Waals surface area (Å²) in [5.41, 5.74) is 4.68. The standard InChI is InChI=1S/C25H23N3O3/c1-16-9-12-20(13-10-16)25-27-22(19-7-5-4-6-8-19)23(31-25)24(29)26-18(3)21-14-11-17(2)28(30)15-21/h4-15,18H,1-3H3,(H-,26,29,30)/p+1/t18-/m1/s1. The minimum atomic E-state index is -0.373. The van der Waals surface area contributed by atoms with Gasteiger partial charge in [0.1, 0.15) is 5.69 Å². The first kappa shape index (κ1) is 20.3. The molecule has 1 atom stereocenters. The summed E-state index contributed by atoms with van der Waals surface area (Å²) in [6, 6.07) is 20.6. The molecule has 0 aliphatic carbocycles. The lowest BCUT2D eigenvalue weighted by molar-refractivity contribution is -0.909. The summed E-state index contributed by atoms with van der Waals surface area (Å²) in [5.74, 6) is 0.167. The first-order valence-corrected chi connectivity index (χ1v) is 10.1. The Morgan fingerprint density at radius 1 is 1.00 bits per heavy atom. The summed E-state index contributed by atoms with van der Waals surface area (Å²) in [6.07, 6.45) is 1.58. The summed E-state index contributed by atoms with van der Waals surface area (Å²) >= 11 is 0. The first-order valence-electron chi connectivity index (χ1n) is 10.1. The molecule has 0 saturated carbocycles. The molecule has 2 aromatic carbocycles. The number of hydrogen-bond donors (Lipinski definition) is 2. The zero-order valence-corrected chi connectivity index (χ0v) is 17.7. The molecule has 0 radical (unpaired) electrons. The van der Waals surface area contributed by atoms with Crippen LogP contribution in [-0.2, 0) is 0 Å². The van der Waals surface area contributed by atoms with Gasteiger partial charge in [-0.25, -0.2) is 4.98 Å². The third kappa shape index (κ3) is 4.33. The predicted molar refractivity (Wildman–Crippen MR) is 117 cm³/mol. The van der Waals surface area contributed by atoms with E-state index in [1.165, 1.54) is 0 Å². The maximum atomic E-state index is 13.2. The molecule has 4 rings (SSSR count). The van der Waals surface area contributed by atoms with Gasteiger partial charge >= 0.3 is 0 Å². The number of oxazole rings is 1. The Labute approximate surface area is 180 Å². The Hall–Kier alpha value is -3.93. The summed E-state index contributed by atoms with van der Waals surface area (Å²) in [4.78, 5) is 17.8. The number of aromatic nitrogens is 2. The summed E-state index contributed by atoms with van der Waals surface area (Å²) in [5, 5.41) is 12.9. The SMILES string of the molecule is Cc1ccc(-c2nc(-c3ccccc3)c(C(=O)N[C@H](C)c3ccc(C)[n+](O)c3)o2)cc1. The van der Waals surface area contributed by atoms with Gasteiger partial charge in [-0.05, 0) is 32.0 Å². The van der Waals surface area contributed by atoms with E-state index in [2.05, 4.69) is 10.3 Å². The van der Waals surface area contributed by atoms with Crippen molar-refractivity contribution in [1.29, 1.82) is 0 Å². The summed E-state index contributed by atoms with van der Waals surface area (Å²) in [6.45, 7) is 5.65. The third-order valence-electron chi connectivity index (χ3n) is 5.18. The molecule has 156 valence electrons. The van der Waals surface area contributed by atoms with Gasteiger partial charge in [0, 0.05) is 34.4 Å². The van der Waals surface area contributed by atoms with E-state index in [1.54, 1.807) is 19.2 Å². The van der Waals surface area contributed by atoms with Crippen LogP contribution in [0.4, 0.5) is 0 Å². The second kappa shape index (κ2) is 8.44. The fraction of sp³-hybridized carbons (Fsp3) is 0.160. The van der Waals surface area contributed by atoms with Crippen molar-refractivity contribution in [2.45, 2.75) is 26.8 Å². The van der Waals surface area contributed by atoms with Crippen molar-refractivity contribution in [3.05, 3.63) is 95.5 Å². The topological polar surface area (TPSA) is 79.2 Å². The molecule has 0 unspecified atom stereocenters. The van der Waals surface area contributed by atoms with Gasteiger partial charge in [-0.15, -0.1) is 0 Å². The Kier molecular flexibility index (Phi) is 5.54. The largest absolute Gasteiger partial charge is 0.430 e.